The van der Waals surface area contributed by atoms with E-state index in [-0.39, 0.29) is 11.3 Å². The van der Waals surface area contributed by atoms with E-state index in [0.717, 1.165) is 5.69 Å². The first-order valence-electron chi connectivity index (χ1n) is 6.76. The second-order valence-electron chi connectivity index (χ2n) is 5.91. The monoisotopic (exact) mass is 267 g/mol. The van der Waals surface area contributed by atoms with Gasteiger partial charge in [-0.05, 0) is 31.7 Å². The molecule has 0 aliphatic rings. The van der Waals surface area contributed by atoms with Crippen LogP contribution in [0.25, 0.3) is 0 Å². The van der Waals surface area contributed by atoms with Crippen molar-refractivity contribution < 1.29 is 9.90 Å². The van der Waals surface area contributed by atoms with Crippen LogP contribution >= 0.6 is 0 Å². The van der Waals surface area contributed by atoms with E-state index in [0.29, 0.717) is 25.2 Å². The summed E-state index contributed by atoms with van der Waals surface area (Å²) in [6.45, 7) is 10.9. The van der Waals surface area contributed by atoms with Gasteiger partial charge in [0, 0.05) is 13.1 Å². The SMILES string of the molecule is CCn1nc(C)cc1C(=O)NCCC(O)C(C)(C)C. The molecule has 108 valence electrons. The van der Waals surface area contributed by atoms with Crippen molar-refractivity contribution in [1.82, 2.24) is 15.1 Å². The zero-order valence-electron chi connectivity index (χ0n) is 12.5. The molecule has 0 bridgehead atoms. The van der Waals surface area contributed by atoms with Crippen LogP contribution in [-0.2, 0) is 6.54 Å². The lowest BCUT2D eigenvalue weighted by atomic mass is 9.87. The van der Waals surface area contributed by atoms with Gasteiger partial charge in [0.05, 0.1) is 11.8 Å². The van der Waals surface area contributed by atoms with Crippen molar-refractivity contribution in [1.29, 1.82) is 0 Å². The first-order valence-corrected chi connectivity index (χ1v) is 6.76. The molecule has 0 spiro atoms. The fourth-order valence-electron chi connectivity index (χ4n) is 1.82. The van der Waals surface area contributed by atoms with Crippen LogP contribution in [0.4, 0.5) is 0 Å². The highest BCUT2D eigenvalue weighted by Gasteiger charge is 2.22. The molecule has 0 radical (unpaired) electrons. The summed E-state index contributed by atoms with van der Waals surface area (Å²) in [6, 6.07) is 1.78. The average molecular weight is 267 g/mol. The number of aromatic nitrogens is 2. The third-order valence-corrected chi connectivity index (χ3v) is 3.14. The standard InChI is InChI=1S/C14H25N3O2/c1-6-17-11(9-10(2)16-17)13(19)15-8-7-12(18)14(3,4)5/h9,12,18H,6-8H2,1-5H3,(H,15,19). The third-order valence-electron chi connectivity index (χ3n) is 3.14. The largest absolute Gasteiger partial charge is 0.393 e. The minimum absolute atomic E-state index is 0.136. The van der Waals surface area contributed by atoms with Crippen molar-refractivity contribution in [3.05, 3.63) is 17.5 Å². The molecule has 0 aromatic carbocycles. The number of amides is 1. The Bertz CT molecular complexity index is 432. The topological polar surface area (TPSA) is 67.2 Å². The summed E-state index contributed by atoms with van der Waals surface area (Å²) in [5.74, 6) is -0.136. The van der Waals surface area contributed by atoms with E-state index in [1.807, 2.05) is 34.6 Å². The Kier molecular flexibility index (Phi) is 5.11. The van der Waals surface area contributed by atoms with Crippen LogP contribution in [-0.4, -0.2) is 33.4 Å². The zero-order valence-corrected chi connectivity index (χ0v) is 12.5. The predicted octanol–water partition coefficient (Wildman–Crippen LogP) is 1.74. The highest BCUT2D eigenvalue weighted by atomic mass is 16.3. The summed E-state index contributed by atoms with van der Waals surface area (Å²) in [6.07, 6.45) is 0.125. The molecule has 19 heavy (non-hydrogen) atoms. The number of aliphatic hydroxyl groups is 1. The molecule has 1 aromatic rings. The first kappa shape index (κ1) is 15.7. The van der Waals surface area contributed by atoms with Crippen molar-refractivity contribution in [2.24, 2.45) is 5.41 Å². The van der Waals surface area contributed by atoms with Crippen LogP contribution in [0.5, 0.6) is 0 Å². The molecule has 0 aliphatic heterocycles. The fourth-order valence-corrected chi connectivity index (χ4v) is 1.82. The van der Waals surface area contributed by atoms with Crippen LogP contribution in [0, 0.1) is 12.3 Å². The van der Waals surface area contributed by atoms with Crippen molar-refractivity contribution in [2.75, 3.05) is 6.54 Å². The number of nitrogens with zero attached hydrogens (tertiary/aromatic N) is 2. The molecule has 1 amide bonds. The van der Waals surface area contributed by atoms with Crippen molar-refractivity contribution in [2.45, 2.75) is 53.7 Å². The van der Waals surface area contributed by atoms with Gasteiger partial charge in [-0.1, -0.05) is 20.8 Å². The minimum atomic E-state index is -0.425. The Labute approximate surface area is 115 Å². The number of rotatable bonds is 5. The Hall–Kier alpha value is -1.36. The maximum absolute atomic E-state index is 12.0. The van der Waals surface area contributed by atoms with Gasteiger partial charge in [0.2, 0.25) is 0 Å². The molecule has 1 aromatic heterocycles. The van der Waals surface area contributed by atoms with Crippen LogP contribution < -0.4 is 5.32 Å². The second kappa shape index (κ2) is 6.19. The lowest BCUT2D eigenvalue weighted by molar-refractivity contribution is 0.0550. The van der Waals surface area contributed by atoms with Gasteiger partial charge in [0.25, 0.3) is 5.91 Å². The Morgan fingerprint density at radius 1 is 1.53 bits per heavy atom. The summed E-state index contributed by atoms with van der Waals surface area (Å²) in [4.78, 5) is 12.0. The molecule has 1 rings (SSSR count). The summed E-state index contributed by atoms with van der Waals surface area (Å²) in [5.41, 5.74) is 1.25. The number of hydrogen-bond donors (Lipinski definition) is 2. The van der Waals surface area contributed by atoms with Gasteiger partial charge < -0.3 is 10.4 Å². The van der Waals surface area contributed by atoms with E-state index < -0.39 is 6.10 Å². The normalized spacial score (nSPS) is 13.4. The highest BCUT2D eigenvalue weighted by molar-refractivity contribution is 5.92. The molecular formula is C14H25N3O2. The molecule has 1 unspecified atom stereocenters. The third kappa shape index (κ3) is 4.35. The number of hydrogen-bond acceptors (Lipinski definition) is 3. The number of carbonyl (C=O) groups is 1. The molecule has 1 atom stereocenters. The zero-order chi connectivity index (χ0) is 14.6. The van der Waals surface area contributed by atoms with Gasteiger partial charge in [0.1, 0.15) is 5.69 Å². The maximum Gasteiger partial charge on any atom is 0.269 e. The molecule has 0 fully saturated rings. The van der Waals surface area contributed by atoms with Crippen LogP contribution in [0.1, 0.15) is 50.3 Å². The lowest BCUT2D eigenvalue weighted by Crippen LogP contribution is -2.33. The quantitative estimate of drug-likeness (QED) is 0.854. The average Bonchev–Trinajstić information content (AvgIpc) is 2.69. The van der Waals surface area contributed by atoms with Crippen molar-refractivity contribution in [3.63, 3.8) is 0 Å². The summed E-state index contributed by atoms with van der Waals surface area (Å²) in [7, 11) is 0. The van der Waals surface area contributed by atoms with Gasteiger partial charge in [-0.15, -0.1) is 0 Å². The van der Waals surface area contributed by atoms with E-state index in [4.69, 9.17) is 0 Å². The van der Waals surface area contributed by atoms with Gasteiger partial charge in [-0.2, -0.15) is 5.10 Å². The summed E-state index contributed by atoms with van der Waals surface area (Å²) in [5, 5.41) is 17.0. The van der Waals surface area contributed by atoms with Crippen molar-refractivity contribution in [3.8, 4) is 0 Å². The molecule has 0 aliphatic carbocycles. The van der Waals surface area contributed by atoms with Crippen LogP contribution in [0.3, 0.4) is 0 Å². The van der Waals surface area contributed by atoms with Gasteiger partial charge in [-0.25, -0.2) is 0 Å². The maximum atomic E-state index is 12.0. The van der Waals surface area contributed by atoms with Gasteiger partial charge >= 0.3 is 0 Å². The summed E-state index contributed by atoms with van der Waals surface area (Å²) >= 11 is 0. The first-order chi connectivity index (χ1) is 8.75. The smallest absolute Gasteiger partial charge is 0.269 e. The molecule has 5 heteroatoms. The Balaban J connectivity index is 2.52. The predicted molar refractivity (Wildman–Crippen MR) is 75.1 cm³/mol. The van der Waals surface area contributed by atoms with E-state index in [1.165, 1.54) is 0 Å². The van der Waals surface area contributed by atoms with E-state index in [1.54, 1.807) is 10.7 Å². The minimum Gasteiger partial charge on any atom is -0.393 e. The fraction of sp³-hybridized carbons (Fsp3) is 0.714. The van der Waals surface area contributed by atoms with Crippen LogP contribution in [0.15, 0.2) is 6.07 Å². The Morgan fingerprint density at radius 2 is 2.16 bits per heavy atom. The number of carbonyl (C=O) groups excluding carboxylic acids is 1. The number of nitrogens with one attached hydrogen (secondary N) is 1. The van der Waals surface area contributed by atoms with E-state index in [9.17, 15) is 9.90 Å². The number of aryl methyl sites for hydroxylation is 2. The van der Waals surface area contributed by atoms with Crippen molar-refractivity contribution >= 4 is 5.91 Å². The molecule has 0 saturated carbocycles. The van der Waals surface area contributed by atoms with Crippen LogP contribution in [0.2, 0.25) is 0 Å². The molecular weight excluding hydrogens is 242 g/mol. The highest BCUT2D eigenvalue weighted by Crippen LogP contribution is 2.20. The lowest BCUT2D eigenvalue weighted by Gasteiger charge is -2.25. The van der Waals surface area contributed by atoms with E-state index in [2.05, 4.69) is 10.4 Å². The second-order valence-corrected chi connectivity index (χ2v) is 5.91. The number of aliphatic hydroxyl groups excluding tert-OH is 1. The van der Waals surface area contributed by atoms with E-state index >= 15 is 0 Å². The van der Waals surface area contributed by atoms with Gasteiger partial charge in [-0.3, -0.25) is 9.48 Å². The Morgan fingerprint density at radius 3 is 2.68 bits per heavy atom. The molecule has 0 saturated heterocycles. The molecule has 5 nitrogen and oxygen atoms in total. The molecule has 1 heterocycles. The summed E-state index contributed by atoms with van der Waals surface area (Å²) < 4.78 is 1.69. The van der Waals surface area contributed by atoms with Gasteiger partial charge in [0.15, 0.2) is 0 Å². The molecule has 2 N–H and O–H groups in total.